The van der Waals surface area contributed by atoms with E-state index >= 15 is 0 Å². The van der Waals surface area contributed by atoms with Crippen LogP contribution in [0.3, 0.4) is 0 Å². The smallest absolute Gasteiger partial charge is 0.118 e. The summed E-state index contributed by atoms with van der Waals surface area (Å²) in [5, 5.41) is 3.38. The molecule has 0 amide bonds. The molecule has 1 N–H and O–H groups in total. The fourth-order valence-corrected chi connectivity index (χ4v) is 1.41. The summed E-state index contributed by atoms with van der Waals surface area (Å²) < 4.78 is 10.7. The van der Waals surface area contributed by atoms with Crippen molar-refractivity contribution in [3.05, 3.63) is 29.8 Å². The SMILES string of the molecule is COc1ccc(COCCNC(C)(C)C)cc1. The van der Waals surface area contributed by atoms with Gasteiger partial charge in [-0.05, 0) is 38.5 Å². The molecule has 17 heavy (non-hydrogen) atoms. The van der Waals surface area contributed by atoms with Crippen molar-refractivity contribution in [2.75, 3.05) is 20.3 Å². The maximum absolute atomic E-state index is 5.59. The Labute approximate surface area is 104 Å². The van der Waals surface area contributed by atoms with Gasteiger partial charge >= 0.3 is 0 Å². The summed E-state index contributed by atoms with van der Waals surface area (Å²) in [5.41, 5.74) is 1.32. The first-order chi connectivity index (χ1) is 8.01. The quantitative estimate of drug-likeness (QED) is 0.771. The van der Waals surface area contributed by atoms with Gasteiger partial charge in [-0.1, -0.05) is 12.1 Å². The van der Waals surface area contributed by atoms with Crippen LogP contribution >= 0.6 is 0 Å². The fraction of sp³-hybridized carbons (Fsp3) is 0.571. The van der Waals surface area contributed by atoms with E-state index in [1.54, 1.807) is 7.11 Å². The molecule has 0 atom stereocenters. The van der Waals surface area contributed by atoms with E-state index in [0.717, 1.165) is 18.9 Å². The second-order valence-electron chi connectivity index (χ2n) is 5.08. The summed E-state index contributed by atoms with van der Waals surface area (Å²) in [5.74, 6) is 0.878. The van der Waals surface area contributed by atoms with Crippen LogP contribution in [0.1, 0.15) is 26.3 Å². The van der Waals surface area contributed by atoms with E-state index in [1.165, 1.54) is 5.56 Å². The highest BCUT2D eigenvalue weighted by Gasteiger charge is 2.06. The highest BCUT2D eigenvalue weighted by atomic mass is 16.5. The normalized spacial score (nSPS) is 11.5. The van der Waals surface area contributed by atoms with Crippen LogP contribution in [0.25, 0.3) is 0 Å². The summed E-state index contributed by atoms with van der Waals surface area (Å²) in [7, 11) is 1.67. The summed E-state index contributed by atoms with van der Waals surface area (Å²) in [6.45, 7) is 8.70. The topological polar surface area (TPSA) is 30.5 Å². The Kier molecular flexibility index (Phi) is 5.45. The van der Waals surface area contributed by atoms with E-state index in [1.807, 2.05) is 24.3 Å². The van der Waals surface area contributed by atoms with Crippen molar-refractivity contribution in [2.24, 2.45) is 0 Å². The predicted octanol–water partition coefficient (Wildman–Crippen LogP) is 2.60. The third kappa shape index (κ3) is 6.29. The van der Waals surface area contributed by atoms with Gasteiger partial charge in [-0.3, -0.25) is 0 Å². The molecule has 0 aliphatic rings. The van der Waals surface area contributed by atoms with Gasteiger partial charge in [-0.25, -0.2) is 0 Å². The van der Waals surface area contributed by atoms with E-state index in [2.05, 4.69) is 26.1 Å². The van der Waals surface area contributed by atoms with Gasteiger partial charge in [0.05, 0.1) is 20.3 Å². The molecule has 1 rings (SSSR count). The number of methoxy groups -OCH3 is 1. The molecule has 0 radical (unpaired) electrons. The Bertz CT molecular complexity index is 314. The van der Waals surface area contributed by atoms with Gasteiger partial charge in [0.25, 0.3) is 0 Å². The molecule has 3 heteroatoms. The Morgan fingerprint density at radius 3 is 2.29 bits per heavy atom. The lowest BCUT2D eigenvalue weighted by molar-refractivity contribution is 0.118. The highest BCUT2D eigenvalue weighted by Crippen LogP contribution is 2.11. The first-order valence-electron chi connectivity index (χ1n) is 5.97. The average molecular weight is 237 g/mol. The molecular weight excluding hydrogens is 214 g/mol. The third-order valence-electron chi connectivity index (χ3n) is 2.33. The molecule has 0 spiro atoms. The van der Waals surface area contributed by atoms with Crippen molar-refractivity contribution in [2.45, 2.75) is 32.9 Å². The van der Waals surface area contributed by atoms with Crippen molar-refractivity contribution in [3.8, 4) is 5.75 Å². The molecule has 0 heterocycles. The van der Waals surface area contributed by atoms with Crippen LogP contribution in [0, 0.1) is 0 Å². The zero-order chi connectivity index (χ0) is 12.7. The van der Waals surface area contributed by atoms with Gasteiger partial charge in [0, 0.05) is 12.1 Å². The summed E-state index contributed by atoms with van der Waals surface area (Å²) in [6, 6.07) is 7.95. The molecule has 0 aliphatic heterocycles. The zero-order valence-electron chi connectivity index (χ0n) is 11.2. The van der Waals surface area contributed by atoms with Crippen molar-refractivity contribution >= 4 is 0 Å². The van der Waals surface area contributed by atoms with Gasteiger partial charge in [-0.2, -0.15) is 0 Å². The van der Waals surface area contributed by atoms with Crippen LogP contribution in [0.4, 0.5) is 0 Å². The first-order valence-corrected chi connectivity index (χ1v) is 5.97. The van der Waals surface area contributed by atoms with Crippen LogP contribution in [-0.4, -0.2) is 25.8 Å². The average Bonchev–Trinajstić information content (AvgIpc) is 2.28. The van der Waals surface area contributed by atoms with E-state index < -0.39 is 0 Å². The van der Waals surface area contributed by atoms with E-state index in [-0.39, 0.29) is 5.54 Å². The Hall–Kier alpha value is -1.06. The van der Waals surface area contributed by atoms with Gasteiger partial charge in [-0.15, -0.1) is 0 Å². The fourth-order valence-electron chi connectivity index (χ4n) is 1.41. The largest absolute Gasteiger partial charge is 0.497 e. The van der Waals surface area contributed by atoms with Gasteiger partial charge in [0.15, 0.2) is 0 Å². The molecule has 0 saturated carbocycles. The molecule has 1 aromatic carbocycles. The number of hydrogen-bond acceptors (Lipinski definition) is 3. The zero-order valence-corrected chi connectivity index (χ0v) is 11.2. The molecule has 0 unspecified atom stereocenters. The predicted molar refractivity (Wildman–Crippen MR) is 70.4 cm³/mol. The molecular formula is C14H23NO2. The monoisotopic (exact) mass is 237 g/mol. The van der Waals surface area contributed by atoms with Crippen molar-refractivity contribution < 1.29 is 9.47 Å². The van der Waals surface area contributed by atoms with Crippen LogP contribution in [0.15, 0.2) is 24.3 Å². The van der Waals surface area contributed by atoms with Crippen molar-refractivity contribution in [1.82, 2.24) is 5.32 Å². The molecule has 3 nitrogen and oxygen atoms in total. The number of hydrogen-bond donors (Lipinski definition) is 1. The minimum absolute atomic E-state index is 0.156. The molecule has 0 aromatic heterocycles. The van der Waals surface area contributed by atoms with E-state index in [9.17, 15) is 0 Å². The third-order valence-corrected chi connectivity index (χ3v) is 2.33. The summed E-state index contributed by atoms with van der Waals surface area (Å²) in [6.07, 6.45) is 0. The number of benzene rings is 1. The maximum Gasteiger partial charge on any atom is 0.118 e. The summed E-state index contributed by atoms with van der Waals surface area (Å²) >= 11 is 0. The molecule has 0 bridgehead atoms. The second kappa shape index (κ2) is 6.62. The van der Waals surface area contributed by atoms with Gasteiger partial charge in [0.1, 0.15) is 5.75 Å². The minimum Gasteiger partial charge on any atom is -0.497 e. The van der Waals surface area contributed by atoms with E-state index in [0.29, 0.717) is 6.61 Å². The van der Waals surface area contributed by atoms with Crippen molar-refractivity contribution in [1.29, 1.82) is 0 Å². The lowest BCUT2D eigenvalue weighted by atomic mass is 10.1. The molecule has 96 valence electrons. The Balaban J connectivity index is 2.18. The standard InChI is InChI=1S/C14H23NO2/c1-14(2,3)15-9-10-17-11-12-5-7-13(16-4)8-6-12/h5-8,15H,9-11H2,1-4H3. The number of rotatable bonds is 6. The number of nitrogens with one attached hydrogen (secondary N) is 1. The minimum atomic E-state index is 0.156. The van der Waals surface area contributed by atoms with Gasteiger partial charge in [0.2, 0.25) is 0 Å². The highest BCUT2D eigenvalue weighted by molar-refractivity contribution is 5.26. The molecule has 0 fully saturated rings. The molecule has 0 aliphatic carbocycles. The van der Waals surface area contributed by atoms with E-state index in [4.69, 9.17) is 9.47 Å². The van der Waals surface area contributed by atoms with Crippen molar-refractivity contribution in [3.63, 3.8) is 0 Å². The first kappa shape index (κ1) is 14.0. The van der Waals surface area contributed by atoms with Gasteiger partial charge < -0.3 is 14.8 Å². The molecule has 0 saturated heterocycles. The van der Waals surface area contributed by atoms with Crippen LogP contribution < -0.4 is 10.1 Å². The second-order valence-corrected chi connectivity index (χ2v) is 5.08. The maximum atomic E-state index is 5.59. The molecule has 1 aromatic rings. The van der Waals surface area contributed by atoms with Crippen LogP contribution in [0.2, 0.25) is 0 Å². The summed E-state index contributed by atoms with van der Waals surface area (Å²) in [4.78, 5) is 0. The lowest BCUT2D eigenvalue weighted by Gasteiger charge is -2.20. The Morgan fingerprint density at radius 1 is 1.12 bits per heavy atom. The number of ether oxygens (including phenoxy) is 2. The Morgan fingerprint density at radius 2 is 1.76 bits per heavy atom. The van der Waals surface area contributed by atoms with Crippen LogP contribution in [-0.2, 0) is 11.3 Å². The van der Waals surface area contributed by atoms with Crippen LogP contribution in [0.5, 0.6) is 5.75 Å². The lowest BCUT2D eigenvalue weighted by Crippen LogP contribution is -2.37.